The molecule has 1 saturated heterocycles. The molecule has 3 N–H and O–H groups in total. The fourth-order valence-electron chi connectivity index (χ4n) is 3.10. The highest BCUT2D eigenvalue weighted by Crippen LogP contribution is 2.17. The quantitative estimate of drug-likeness (QED) is 0.836. The highest BCUT2D eigenvalue weighted by Gasteiger charge is 2.22. The average molecular weight is 319 g/mol. The van der Waals surface area contributed by atoms with E-state index < -0.39 is 0 Å². The van der Waals surface area contributed by atoms with Gasteiger partial charge in [0.2, 0.25) is 5.91 Å². The van der Waals surface area contributed by atoms with Crippen LogP contribution in [0.25, 0.3) is 0 Å². The zero-order valence-corrected chi connectivity index (χ0v) is 14.4. The van der Waals surface area contributed by atoms with E-state index in [-0.39, 0.29) is 24.2 Å². The van der Waals surface area contributed by atoms with Crippen LogP contribution in [0.15, 0.2) is 24.3 Å². The standard InChI is InChI=1S/C18H29N3O2/c1-13(19)8-18(22)20-9-16-6-4-5-7-17(16)12-21-10-14(2)23-15(3)11-21/h4-7,13-15H,8-12,19H2,1-3H3,(H,20,22). The third-order valence-corrected chi connectivity index (χ3v) is 3.99. The maximum atomic E-state index is 11.8. The molecule has 0 saturated carbocycles. The van der Waals surface area contributed by atoms with Crippen molar-refractivity contribution in [3.8, 4) is 0 Å². The van der Waals surface area contributed by atoms with Crippen molar-refractivity contribution in [3.05, 3.63) is 35.4 Å². The highest BCUT2D eigenvalue weighted by atomic mass is 16.5. The second-order valence-corrected chi connectivity index (χ2v) is 6.68. The first-order valence-corrected chi connectivity index (χ1v) is 8.41. The molecule has 1 aliphatic heterocycles. The lowest BCUT2D eigenvalue weighted by Gasteiger charge is -2.35. The lowest BCUT2D eigenvalue weighted by Crippen LogP contribution is -2.45. The van der Waals surface area contributed by atoms with Gasteiger partial charge in [0.05, 0.1) is 12.2 Å². The fraction of sp³-hybridized carbons (Fsp3) is 0.611. The number of morpholine rings is 1. The maximum absolute atomic E-state index is 11.8. The molecule has 1 heterocycles. The number of nitrogens with zero attached hydrogens (tertiary/aromatic N) is 1. The van der Waals surface area contributed by atoms with Crippen molar-refractivity contribution in [2.75, 3.05) is 13.1 Å². The second-order valence-electron chi connectivity index (χ2n) is 6.68. The molecule has 0 aromatic heterocycles. The number of carbonyl (C=O) groups excluding carboxylic acids is 1. The number of rotatable bonds is 6. The molecule has 1 aromatic carbocycles. The number of amides is 1. The summed E-state index contributed by atoms with van der Waals surface area (Å²) in [4.78, 5) is 14.2. The molecule has 2 rings (SSSR count). The van der Waals surface area contributed by atoms with Crippen molar-refractivity contribution in [1.82, 2.24) is 10.2 Å². The van der Waals surface area contributed by atoms with Crippen LogP contribution in [-0.4, -0.2) is 42.1 Å². The summed E-state index contributed by atoms with van der Waals surface area (Å²) in [5, 5.41) is 2.96. The molecule has 128 valence electrons. The minimum Gasteiger partial charge on any atom is -0.373 e. The molecule has 1 aromatic rings. The number of nitrogens with one attached hydrogen (secondary N) is 1. The summed E-state index contributed by atoms with van der Waals surface area (Å²) in [6.07, 6.45) is 0.883. The summed E-state index contributed by atoms with van der Waals surface area (Å²) in [5.74, 6) is 0.00317. The highest BCUT2D eigenvalue weighted by molar-refractivity contribution is 5.76. The van der Waals surface area contributed by atoms with Gasteiger partial charge in [-0.3, -0.25) is 9.69 Å². The molecule has 0 bridgehead atoms. The van der Waals surface area contributed by atoms with E-state index in [0.717, 1.165) is 25.2 Å². The van der Waals surface area contributed by atoms with Crippen LogP contribution in [0.5, 0.6) is 0 Å². The normalized spacial score (nSPS) is 23.5. The van der Waals surface area contributed by atoms with Crippen molar-refractivity contribution < 1.29 is 9.53 Å². The van der Waals surface area contributed by atoms with E-state index in [1.54, 1.807) is 0 Å². The molecule has 1 fully saturated rings. The molecule has 23 heavy (non-hydrogen) atoms. The zero-order chi connectivity index (χ0) is 16.8. The average Bonchev–Trinajstić information content (AvgIpc) is 2.44. The molecule has 5 heteroatoms. The van der Waals surface area contributed by atoms with Crippen LogP contribution >= 0.6 is 0 Å². The monoisotopic (exact) mass is 319 g/mol. The van der Waals surface area contributed by atoms with Crippen LogP contribution in [0.3, 0.4) is 0 Å². The van der Waals surface area contributed by atoms with Gasteiger partial charge in [-0.05, 0) is 31.9 Å². The van der Waals surface area contributed by atoms with E-state index in [2.05, 4.69) is 42.3 Å². The summed E-state index contributed by atoms with van der Waals surface area (Å²) >= 11 is 0. The maximum Gasteiger partial charge on any atom is 0.221 e. The Balaban J connectivity index is 1.96. The van der Waals surface area contributed by atoms with Crippen molar-refractivity contribution in [2.45, 2.75) is 58.5 Å². The third-order valence-electron chi connectivity index (χ3n) is 3.99. The topological polar surface area (TPSA) is 67.6 Å². The molecular formula is C18H29N3O2. The van der Waals surface area contributed by atoms with Gasteiger partial charge in [0.15, 0.2) is 0 Å². The minimum absolute atomic E-state index is 0.00317. The van der Waals surface area contributed by atoms with Gasteiger partial charge in [-0.15, -0.1) is 0 Å². The second kappa shape index (κ2) is 8.43. The van der Waals surface area contributed by atoms with Gasteiger partial charge >= 0.3 is 0 Å². The van der Waals surface area contributed by atoms with Crippen LogP contribution in [0.1, 0.15) is 38.3 Å². The minimum atomic E-state index is -0.110. The van der Waals surface area contributed by atoms with E-state index in [9.17, 15) is 4.79 Å². The lowest BCUT2D eigenvalue weighted by atomic mass is 10.1. The molecule has 0 radical (unpaired) electrons. The van der Waals surface area contributed by atoms with E-state index in [0.29, 0.717) is 13.0 Å². The summed E-state index contributed by atoms with van der Waals surface area (Å²) in [5.41, 5.74) is 8.09. The SMILES string of the molecule is CC(N)CC(=O)NCc1ccccc1CN1CC(C)OC(C)C1. The van der Waals surface area contributed by atoms with Crippen molar-refractivity contribution >= 4 is 5.91 Å². The van der Waals surface area contributed by atoms with Gasteiger partial charge in [0.1, 0.15) is 0 Å². The van der Waals surface area contributed by atoms with Crippen molar-refractivity contribution in [1.29, 1.82) is 0 Å². The van der Waals surface area contributed by atoms with E-state index in [4.69, 9.17) is 10.5 Å². The first kappa shape index (κ1) is 17.9. The Morgan fingerprint density at radius 3 is 2.52 bits per heavy atom. The fourth-order valence-corrected chi connectivity index (χ4v) is 3.10. The zero-order valence-electron chi connectivity index (χ0n) is 14.4. The summed E-state index contributed by atoms with van der Waals surface area (Å²) in [6, 6.07) is 8.17. The Morgan fingerprint density at radius 2 is 1.91 bits per heavy atom. The number of benzene rings is 1. The lowest BCUT2D eigenvalue weighted by molar-refractivity contribution is -0.121. The molecule has 3 atom stereocenters. The summed E-state index contributed by atoms with van der Waals surface area (Å²) in [7, 11) is 0. The Kier molecular flexibility index (Phi) is 6.57. The Labute approximate surface area is 139 Å². The van der Waals surface area contributed by atoms with Crippen molar-refractivity contribution in [2.24, 2.45) is 5.73 Å². The van der Waals surface area contributed by atoms with Gasteiger partial charge in [-0.2, -0.15) is 0 Å². The van der Waals surface area contributed by atoms with E-state index in [1.165, 1.54) is 5.56 Å². The molecule has 1 aliphatic rings. The smallest absolute Gasteiger partial charge is 0.221 e. The first-order chi connectivity index (χ1) is 10.9. The van der Waals surface area contributed by atoms with Crippen molar-refractivity contribution in [3.63, 3.8) is 0 Å². The predicted molar refractivity (Wildman–Crippen MR) is 91.8 cm³/mol. The van der Waals surface area contributed by atoms with Crippen LogP contribution in [0.4, 0.5) is 0 Å². The van der Waals surface area contributed by atoms with Crippen LogP contribution in [-0.2, 0) is 22.6 Å². The molecular weight excluding hydrogens is 290 g/mol. The number of hydrogen-bond donors (Lipinski definition) is 2. The van der Waals surface area contributed by atoms with Gasteiger partial charge < -0.3 is 15.8 Å². The first-order valence-electron chi connectivity index (χ1n) is 8.41. The number of hydrogen-bond acceptors (Lipinski definition) is 4. The number of carbonyl (C=O) groups is 1. The molecule has 0 spiro atoms. The van der Waals surface area contributed by atoms with E-state index >= 15 is 0 Å². The predicted octanol–water partition coefficient (Wildman–Crippen LogP) is 1.65. The third kappa shape index (κ3) is 5.94. The van der Waals surface area contributed by atoms with Gasteiger partial charge in [0.25, 0.3) is 0 Å². The Hall–Kier alpha value is -1.43. The molecule has 5 nitrogen and oxygen atoms in total. The van der Waals surface area contributed by atoms with Crippen LogP contribution < -0.4 is 11.1 Å². The summed E-state index contributed by atoms with van der Waals surface area (Å²) < 4.78 is 5.79. The van der Waals surface area contributed by atoms with Gasteiger partial charge in [-0.25, -0.2) is 0 Å². The van der Waals surface area contributed by atoms with Crippen LogP contribution in [0, 0.1) is 0 Å². The van der Waals surface area contributed by atoms with Gasteiger partial charge in [-0.1, -0.05) is 24.3 Å². The van der Waals surface area contributed by atoms with Crippen LogP contribution in [0.2, 0.25) is 0 Å². The summed E-state index contributed by atoms with van der Waals surface area (Å²) in [6.45, 7) is 9.39. The van der Waals surface area contributed by atoms with E-state index in [1.807, 2.05) is 13.0 Å². The molecule has 3 unspecified atom stereocenters. The Bertz CT molecular complexity index is 509. The molecule has 1 amide bonds. The molecule has 0 aliphatic carbocycles. The number of nitrogens with two attached hydrogens (primary N) is 1. The largest absolute Gasteiger partial charge is 0.373 e. The Morgan fingerprint density at radius 1 is 1.30 bits per heavy atom. The van der Waals surface area contributed by atoms with Gasteiger partial charge in [0, 0.05) is 38.6 Å². The number of ether oxygens (including phenoxy) is 1.